The van der Waals surface area contributed by atoms with Gasteiger partial charge in [0, 0.05) is 0 Å². The lowest BCUT2D eigenvalue weighted by molar-refractivity contribution is -0.115. The van der Waals surface area contributed by atoms with E-state index in [0.29, 0.717) is 17.2 Å². The molecule has 120 valence electrons. The zero-order valence-corrected chi connectivity index (χ0v) is 13.0. The van der Waals surface area contributed by atoms with Crippen molar-refractivity contribution in [3.63, 3.8) is 0 Å². The van der Waals surface area contributed by atoms with Gasteiger partial charge in [-0.2, -0.15) is 0 Å². The summed E-state index contributed by atoms with van der Waals surface area (Å²) in [6, 6.07) is 23.3. The average molecular weight is 319 g/mol. The summed E-state index contributed by atoms with van der Waals surface area (Å²) in [7, 11) is 0. The van der Waals surface area contributed by atoms with Crippen molar-refractivity contribution in [3.8, 4) is 17.2 Å². The molecular formula is C20H17NO3. The minimum Gasteiger partial charge on any atom is -0.508 e. The number of carbonyl (C=O) groups excluding carboxylic acids is 1. The van der Waals surface area contributed by atoms with Gasteiger partial charge in [-0.05, 0) is 42.0 Å². The van der Waals surface area contributed by atoms with Crippen molar-refractivity contribution < 1.29 is 14.6 Å². The second-order valence-electron chi connectivity index (χ2n) is 5.30. The molecule has 0 unspecified atom stereocenters. The molecule has 0 aliphatic carbocycles. The van der Waals surface area contributed by atoms with Gasteiger partial charge in [-0.15, -0.1) is 0 Å². The van der Waals surface area contributed by atoms with Crippen LogP contribution in [0.3, 0.4) is 0 Å². The van der Waals surface area contributed by atoms with Gasteiger partial charge in [-0.3, -0.25) is 4.79 Å². The van der Waals surface area contributed by atoms with Crippen molar-refractivity contribution in [2.24, 2.45) is 0 Å². The predicted molar refractivity (Wildman–Crippen MR) is 93.4 cm³/mol. The minimum atomic E-state index is -0.148. The smallest absolute Gasteiger partial charge is 0.228 e. The van der Waals surface area contributed by atoms with Crippen LogP contribution in [-0.2, 0) is 11.2 Å². The summed E-state index contributed by atoms with van der Waals surface area (Å²) < 4.78 is 5.83. The van der Waals surface area contributed by atoms with E-state index in [1.54, 1.807) is 30.3 Å². The Bertz CT molecular complexity index is 814. The van der Waals surface area contributed by atoms with E-state index in [9.17, 15) is 9.90 Å². The molecular weight excluding hydrogens is 302 g/mol. The Morgan fingerprint density at radius 2 is 1.54 bits per heavy atom. The molecule has 0 atom stereocenters. The molecule has 3 aromatic carbocycles. The first-order valence-electron chi connectivity index (χ1n) is 7.60. The van der Waals surface area contributed by atoms with E-state index in [1.165, 1.54) is 0 Å². The van der Waals surface area contributed by atoms with Crippen LogP contribution >= 0.6 is 0 Å². The molecule has 0 saturated carbocycles. The van der Waals surface area contributed by atoms with Gasteiger partial charge in [-0.1, -0.05) is 42.5 Å². The van der Waals surface area contributed by atoms with E-state index in [-0.39, 0.29) is 18.1 Å². The van der Waals surface area contributed by atoms with E-state index >= 15 is 0 Å². The molecule has 0 fully saturated rings. The number of nitrogens with one attached hydrogen (secondary N) is 1. The Morgan fingerprint density at radius 3 is 2.29 bits per heavy atom. The van der Waals surface area contributed by atoms with Crippen LogP contribution in [0.15, 0.2) is 78.9 Å². The van der Waals surface area contributed by atoms with Crippen LogP contribution in [0.25, 0.3) is 0 Å². The van der Waals surface area contributed by atoms with Crippen molar-refractivity contribution in [2.45, 2.75) is 6.42 Å². The largest absolute Gasteiger partial charge is 0.508 e. The summed E-state index contributed by atoms with van der Waals surface area (Å²) in [5.41, 5.74) is 1.44. The van der Waals surface area contributed by atoms with Crippen LogP contribution in [0.4, 0.5) is 5.69 Å². The molecule has 0 aromatic heterocycles. The maximum atomic E-state index is 12.2. The average Bonchev–Trinajstić information content (AvgIpc) is 2.60. The fourth-order valence-electron chi connectivity index (χ4n) is 2.27. The number of phenols is 1. The van der Waals surface area contributed by atoms with Gasteiger partial charge in [0.15, 0.2) is 5.75 Å². The van der Waals surface area contributed by atoms with E-state index < -0.39 is 0 Å². The molecule has 3 rings (SSSR count). The number of phenolic OH excluding ortho intramolecular Hbond substituents is 1. The quantitative estimate of drug-likeness (QED) is 0.734. The molecule has 4 nitrogen and oxygen atoms in total. The molecule has 2 N–H and O–H groups in total. The Hall–Kier alpha value is -3.27. The number of hydrogen-bond acceptors (Lipinski definition) is 3. The summed E-state index contributed by atoms with van der Waals surface area (Å²) >= 11 is 0. The number of para-hydroxylation sites is 3. The molecule has 4 heteroatoms. The number of hydrogen-bond donors (Lipinski definition) is 2. The first kappa shape index (κ1) is 15.6. The Kier molecular flexibility index (Phi) is 4.77. The second-order valence-corrected chi connectivity index (χ2v) is 5.30. The van der Waals surface area contributed by atoms with Gasteiger partial charge < -0.3 is 15.2 Å². The lowest BCUT2D eigenvalue weighted by Crippen LogP contribution is -2.14. The van der Waals surface area contributed by atoms with Crippen LogP contribution in [0.1, 0.15) is 5.56 Å². The highest BCUT2D eigenvalue weighted by molar-refractivity contribution is 5.93. The molecule has 0 heterocycles. The van der Waals surface area contributed by atoms with Crippen molar-refractivity contribution in [1.82, 2.24) is 0 Å². The highest BCUT2D eigenvalue weighted by Crippen LogP contribution is 2.29. The van der Waals surface area contributed by atoms with Crippen LogP contribution in [0, 0.1) is 0 Å². The summed E-state index contributed by atoms with van der Waals surface area (Å²) in [5.74, 6) is 1.33. The standard InChI is InChI=1S/C20H17NO3/c22-16-12-10-15(11-13-16)14-20(23)21-18-8-4-5-9-19(18)24-17-6-2-1-3-7-17/h1-13,22H,14H2,(H,21,23). The SMILES string of the molecule is O=C(Cc1ccc(O)cc1)Nc1ccccc1Oc1ccccc1. The Labute approximate surface area is 140 Å². The van der Waals surface area contributed by atoms with Crippen molar-refractivity contribution in [2.75, 3.05) is 5.32 Å². The number of ether oxygens (including phenoxy) is 1. The topological polar surface area (TPSA) is 58.6 Å². The summed E-state index contributed by atoms with van der Waals surface area (Å²) in [5, 5.41) is 12.2. The monoisotopic (exact) mass is 319 g/mol. The van der Waals surface area contributed by atoms with E-state index in [4.69, 9.17) is 4.74 Å². The van der Waals surface area contributed by atoms with Crippen LogP contribution < -0.4 is 10.1 Å². The van der Waals surface area contributed by atoms with Gasteiger partial charge in [-0.25, -0.2) is 0 Å². The van der Waals surface area contributed by atoms with E-state index in [0.717, 1.165) is 5.56 Å². The molecule has 0 aliphatic rings. The lowest BCUT2D eigenvalue weighted by Gasteiger charge is -2.12. The number of rotatable bonds is 5. The van der Waals surface area contributed by atoms with Crippen LogP contribution in [-0.4, -0.2) is 11.0 Å². The summed E-state index contributed by atoms with van der Waals surface area (Å²) in [6.07, 6.45) is 0.222. The third-order valence-electron chi connectivity index (χ3n) is 3.43. The number of carbonyl (C=O) groups is 1. The van der Waals surface area contributed by atoms with Gasteiger partial charge in [0.25, 0.3) is 0 Å². The minimum absolute atomic E-state index is 0.148. The van der Waals surface area contributed by atoms with Crippen molar-refractivity contribution in [1.29, 1.82) is 0 Å². The van der Waals surface area contributed by atoms with E-state index in [1.807, 2.05) is 48.5 Å². The van der Waals surface area contributed by atoms with Crippen LogP contribution in [0.5, 0.6) is 17.2 Å². The number of anilines is 1. The summed E-state index contributed by atoms with van der Waals surface area (Å²) in [6.45, 7) is 0. The van der Waals surface area contributed by atoms with Crippen LogP contribution in [0.2, 0.25) is 0 Å². The fraction of sp³-hybridized carbons (Fsp3) is 0.0500. The summed E-state index contributed by atoms with van der Waals surface area (Å²) in [4.78, 5) is 12.2. The zero-order valence-electron chi connectivity index (χ0n) is 13.0. The molecule has 0 saturated heterocycles. The van der Waals surface area contributed by atoms with Gasteiger partial charge in [0.05, 0.1) is 12.1 Å². The third-order valence-corrected chi connectivity index (χ3v) is 3.43. The molecule has 24 heavy (non-hydrogen) atoms. The number of benzene rings is 3. The third kappa shape index (κ3) is 4.14. The second kappa shape index (κ2) is 7.33. The maximum absolute atomic E-state index is 12.2. The first-order chi connectivity index (χ1) is 11.7. The highest BCUT2D eigenvalue weighted by Gasteiger charge is 2.09. The molecule has 0 bridgehead atoms. The Morgan fingerprint density at radius 1 is 0.875 bits per heavy atom. The van der Waals surface area contributed by atoms with Gasteiger partial charge in [0.1, 0.15) is 11.5 Å². The van der Waals surface area contributed by atoms with Gasteiger partial charge in [0.2, 0.25) is 5.91 Å². The van der Waals surface area contributed by atoms with E-state index in [2.05, 4.69) is 5.32 Å². The maximum Gasteiger partial charge on any atom is 0.228 e. The molecule has 0 radical (unpaired) electrons. The fourth-order valence-corrected chi connectivity index (χ4v) is 2.27. The molecule has 3 aromatic rings. The Balaban J connectivity index is 1.70. The molecule has 0 aliphatic heterocycles. The van der Waals surface area contributed by atoms with Crippen molar-refractivity contribution in [3.05, 3.63) is 84.4 Å². The zero-order chi connectivity index (χ0) is 16.8. The first-order valence-corrected chi connectivity index (χ1v) is 7.60. The predicted octanol–water partition coefficient (Wildman–Crippen LogP) is 4.37. The number of aromatic hydroxyl groups is 1. The normalized spacial score (nSPS) is 10.2. The molecule has 1 amide bonds. The van der Waals surface area contributed by atoms with Gasteiger partial charge >= 0.3 is 0 Å². The molecule has 0 spiro atoms. The van der Waals surface area contributed by atoms with Crippen molar-refractivity contribution >= 4 is 11.6 Å². The highest BCUT2D eigenvalue weighted by atomic mass is 16.5. The lowest BCUT2D eigenvalue weighted by atomic mass is 10.1. The number of amides is 1.